The van der Waals surface area contributed by atoms with E-state index in [9.17, 15) is 4.79 Å². The molecule has 1 aromatic heterocycles. The van der Waals surface area contributed by atoms with Crippen LogP contribution in [-0.4, -0.2) is 39.2 Å². The Balaban J connectivity index is 2.07. The first-order valence-corrected chi connectivity index (χ1v) is 6.22. The van der Waals surface area contributed by atoms with Gasteiger partial charge >= 0.3 is 0 Å². The van der Waals surface area contributed by atoms with Gasteiger partial charge in [-0.3, -0.25) is 4.79 Å². The normalized spacial score (nSPS) is 24.6. The molecule has 5 nitrogen and oxygen atoms in total. The maximum absolute atomic E-state index is 12.0. The maximum Gasteiger partial charge on any atom is 0.275 e. The minimum Gasteiger partial charge on any atom is -0.337 e. The summed E-state index contributed by atoms with van der Waals surface area (Å²) < 4.78 is 7.82. The highest BCUT2D eigenvalue weighted by Gasteiger charge is 2.32. The molecule has 1 saturated carbocycles. The third-order valence-electron chi connectivity index (χ3n) is 3.32. The number of rotatable bonds is 3. The predicted octanol–water partition coefficient (Wildman–Crippen LogP) is 0.737. The van der Waals surface area contributed by atoms with Crippen molar-refractivity contribution in [2.24, 2.45) is 11.7 Å². The van der Waals surface area contributed by atoms with E-state index >= 15 is 0 Å². The maximum atomic E-state index is 12.0. The highest BCUT2D eigenvalue weighted by Crippen LogP contribution is 2.29. The fraction of sp³-hybridized carbons (Fsp3) is 0.700. The average Bonchev–Trinajstić information content (AvgIpc) is 2.97. The highest BCUT2D eigenvalue weighted by atomic mass is 32.1. The van der Waals surface area contributed by atoms with E-state index in [0.29, 0.717) is 18.2 Å². The molecule has 0 spiro atoms. The van der Waals surface area contributed by atoms with Crippen LogP contribution in [0.5, 0.6) is 0 Å². The Morgan fingerprint density at radius 3 is 3.12 bits per heavy atom. The molecular weight excluding hydrogens is 224 g/mol. The molecule has 1 aromatic rings. The Labute approximate surface area is 99.0 Å². The van der Waals surface area contributed by atoms with Crippen LogP contribution in [0.4, 0.5) is 0 Å². The van der Waals surface area contributed by atoms with Crippen molar-refractivity contribution in [1.29, 1.82) is 0 Å². The Morgan fingerprint density at radius 2 is 2.50 bits per heavy atom. The third kappa shape index (κ3) is 2.08. The first-order valence-electron chi connectivity index (χ1n) is 5.49. The highest BCUT2D eigenvalue weighted by molar-refractivity contribution is 6.99. The second-order valence-corrected chi connectivity index (χ2v) is 4.76. The van der Waals surface area contributed by atoms with Crippen LogP contribution in [0.25, 0.3) is 0 Å². The fourth-order valence-corrected chi connectivity index (χ4v) is 2.80. The number of hydrogen-bond donors (Lipinski definition) is 1. The number of hydrogen-bond acceptors (Lipinski definition) is 5. The van der Waals surface area contributed by atoms with Gasteiger partial charge in [-0.05, 0) is 25.3 Å². The molecule has 0 aromatic carbocycles. The molecule has 2 rings (SSSR count). The molecule has 0 saturated heterocycles. The lowest BCUT2D eigenvalue weighted by Crippen LogP contribution is -2.41. The topological polar surface area (TPSA) is 72.1 Å². The molecule has 1 aliphatic rings. The van der Waals surface area contributed by atoms with E-state index in [1.165, 1.54) is 6.20 Å². The molecule has 1 heterocycles. The van der Waals surface area contributed by atoms with Gasteiger partial charge in [-0.15, -0.1) is 0 Å². The summed E-state index contributed by atoms with van der Waals surface area (Å²) in [6, 6.07) is 0.263. The Morgan fingerprint density at radius 1 is 1.69 bits per heavy atom. The van der Waals surface area contributed by atoms with Crippen molar-refractivity contribution in [3.05, 3.63) is 11.9 Å². The third-order valence-corrected chi connectivity index (χ3v) is 3.80. The molecule has 2 unspecified atom stereocenters. The quantitative estimate of drug-likeness (QED) is 0.845. The number of carbonyl (C=O) groups excluding carboxylic acids is 1. The number of carbonyl (C=O) groups is 1. The monoisotopic (exact) mass is 240 g/mol. The second-order valence-electron chi connectivity index (χ2n) is 4.20. The summed E-state index contributed by atoms with van der Waals surface area (Å²) in [4.78, 5) is 13.8. The molecule has 1 amide bonds. The Bertz CT molecular complexity index is 354. The van der Waals surface area contributed by atoms with Crippen molar-refractivity contribution in [3.63, 3.8) is 0 Å². The van der Waals surface area contributed by atoms with E-state index in [2.05, 4.69) is 8.75 Å². The average molecular weight is 240 g/mol. The van der Waals surface area contributed by atoms with Gasteiger partial charge < -0.3 is 10.6 Å². The van der Waals surface area contributed by atoms with E-state index < -0.39 is 0 Å². The standard InChI is InChI=1S/C10H16N4OS/c1-14(9-4-2-3-7(9)5-11)10(15)8-6-12-16-13-8/h6-7,9H,2-5,11H2,1H3. The molecule has 2 N–H and O–H groups in total. The van der Waals surface area contributed by atoms with Crippen molar-refractivity contribution in [2.45, 2.75) is 25.3 Å². The molecule has 0 bridgehead atoms. The van der Waals surface area contributed by atoms with Crippen LogP contribution in [0.15, 0.2) is 6.20 Å². The zero-order valence-electron chi connectivity index (χ0n) is 9.30. The van der Waals surface area contributed by atoms with E-state index in [4.69, 9.17) is 5.73 Å². The van der Waals surface area contributed by atoms with Crippen LogP contribution < -0.4 is 5.73 Å². The van der Waals surface area contributed by atoms with Crippen molar-refractivity contribution in [2.75, 3.05) is 13.6 Å². The lowest BCUT2D eigenvalue weighted by Gasteiger charge is -2.28. The number of amides is 1. The zero-order valence-corrected chi connectivity index (χ0v) is 10.1. The lowest BCUT2D eigenvalue weighted by atomic mass is 10.0. The van der Waals surface area contributed by atoms with E-state index in [-0.39, 0.29) is 11.9 Å². The molecule has 88 valence electrons. The van der Waals surface area contributed by atoms with Crippen molar-refractivity contribution >= 4 is 17.6 Å². The van der Waals surface area contributed by atoms with Gasteiger partial charge in [0.2, 0.25) is 0 Å². The van der Waals surface area contributed by atoms with Crippen LogP contribution in [-0.2, 0) is 0 Å². The molecule has 6 heteroatoms. The molecule has 2 atom stereocenters. The molecule has 16 heavy (non-hydrogen) atoms. The van der Waals surface area contributed by atoms with Crippen molar-refractivity contribution in [1.82, 2.24) is 13.6 Å². The minimum atomic E-state index is -0.0425. The Kier molecular flexibility index (Phi) is 3.50. The van der Waals surface area contributed by atoms with E-state index in [0.717, 1.165) is 31.0 Å². The summed E-state index contributed by atoms with van der Waals surface area (Å²) in [5.74, 6) is 0.389. The van der Waals surface area contributed by atoms with Crippen LogP contribution >= 0.6 is 11.7 Å². The minimum absolute atomic E-state index is 0.0425. The molecule has 1 fully saturated rings. The van der Waals surface area contributed by atoms with Crippen molar-refractivity contribution in [3.8, 4) is 0 Å². The molecule has 0 radical (unpaired) electrons. The van der Waals surface area contributed by atoms with E-state index in [1.807, 2.05) is 7.05 Å². The van der Waals surface area contributed by atoms with Crippen molar-refractivity contribution < 1.29 is 4.79 Å². The summed E-state index contributed by atoms with van der Waals surface area (Å²) in [5.41, 5.74) is 6.16. The van der Waals surface area contributed by atoms with Crippen LogP contribution in [0, 0.1) is 5.92 Å². The van der Waals surface area contributed by atoms with Gasteiger partial charge in [-0.1, -0.05) is 6.42 Å². The zero-order chi connectivity index (χ0) is 11.5. The molecule has 0 aliphatic heterocycles. The summed E-state index contributed by atoms with van der Waals surface area (Å²) in [7, 11) is 1.83. The van der Waals surface area contributed by atoms with Crippen LogP contribution in [0.3, 0.4) is 0 Å². The summed E-state index contributed by atoms with van der Waals surface area (Å²) >= 11 is 1.06. The van der Waals surface area contributed by atoms with Gasteiger partial charge in [0.25, 0.3) is 5.91 Å². The number of aromatic nitrogens is 2. The molecule has 1 aliphatic carbocycles. The summed E-state index contributed by atoms with van der Waals surface area (Å²) in [6.45, 7) is 0.650. The first-order chi connectivity index (χ1) is 7.74. The first kappa shape index (κ1) is 11.5. The van der Waals surface area contributed by atoms with Gasteiger partial charge in [0.15, 0.2) is 5.69 Å². The van der Waals surface area contributed by atoms with Crippen LogP contribution in [0.2, 0.25) is 0 Å². The van der Waals surface area contributed by atoms with Gasteiger partial charge in [0, 0.05) is 13.1 Å². The smallest absolute Gasteiger partial charge is 0.275 e. The SMILES string of the molecule is CN(C(=O)c1cnsn1)C1CCCC1CN. The largest absolute Gasteiger partial charge is 0.337 e. The molecular formula is C10H16N4OS. The summed E-state index contributed by atoms with van der Waals surface area (Å²) in [5, 5.41) is 0. The van der Waals surface area contributed by atoms with Gasteiger partial charge in [0.1, 0.15) is 0 Å². The number of nitrogens with two attached hydrogens (primary N) is 1. The fourth-order valence-electron chi connectivity index (χ4n) is 2.39. The van der Waals surface area contributed by atoms with Gasteiger partial charge in [-0.2, -0.15) is 8.75 Å². The predicted molar refractivity (Wildman–Crippen MR) is 62.2 cm³/mol. The second kappa shape index (κ2) is 4.88. The van der Waals surface area contributed by atoms with Crippen LogP contribution in [0.1, 0.15) is 29.8 Å². The summed E-state index contributed by atoms with van der Waals surface area (Å²) in [6.07, 6.45) is 4.84. The Hall–Kier alpha value is -1.01. The van der Waals surface area contributed by atoms with E-state index in [1.54, 1.807) is 4.90 Å². The number of nitrogens with zero attached hydrogens (tertiary/aromatic N) is 3. The lowest BCUT2D eigenvalue weighted by molar-refractivity contribution is 0.0695. The van der Waals surface area contributed by atoms with Gasteiger partial charge in [-0.25, -0.2) is 0 Å². The van der Waals surface area contributed by atoms with Gasteiger partial charge in [0.05, 0.1) is 17.9 Å².